The van der Waals surface area contributed by atoms with E-state index in [0.29, 0.717) is 31.7 Å². The van der Waals surface area contributed by atoms with Crippen molar-refractivity contribution in [2.45, 2.75) is 37.1 Å². The fourth-order valence-corrected chi connectivity index (χ4v) is 8.35. The molecular formula is C20H25N3O6S3. The van der Waals surface area contributed by atoms with Crippen LogP contribution in [0.3, 0.4) is 0 Å². The monoisotopic (exact) mass is 499 g/mol. The number of aromatic nitrogens is 2. The highest BCUT2D eigenvalue weighted by Crippen LogP contribution is 2.25. The topological polar surface area (TPSA) is 128 Å². The first-order valence-corrected chi connectivity index (χ1v) is 15.0. The Bertz CT molecular complexity index is 1160. The Morgan fingerprint density at radius 2 is 1.75 bits per heavy atom. The van der Waals surface area contributed by atoms with Crippen LogP contribution in [0.5, 0.6) is 0 Å². The molecule has 1 aromatic heterocycles. The number of hydrogen-bond donors (Lipinski definition) is 0. The van der Waals surface area contributed by atoms with E-state index in [1.54, 1.807) is 4.90 Å². The van der Waals surface area contributed by atoms with Gasteiger partial charge < -0.3 is 9.32 Å². The normalized spacial score (nSPS) is 23.9. The maximum atomic E-state index is 13.0. The maximum absolute atomic E-state index is 13.0. The summed E-state index contributed by atoms with van der Waals surface area (Å²) >= 11 is 1.11. The Hall–Kier alpha value is -1.92. The molecule has 3 heterocycles. The summed E-state index contributed by atoms with van der Waals surface area (Å²) in [5.41, 5.74) is 0.932. The molecule has 2 saturated heterocycles. The van der Waals surface area contributed by atoms with Gasteiger partial charge in [0.2, 0.25) is 11.8 Å². The quantitative estimate of drug-likeness (QED) is 0.494. The van der Waals surface area contributed by atoms with E-state index in [4.69, 9.17) is 4.42 Å². The molecule has 2 aromatic rings. The van der Waals surface area contributed by atoms with Crippen molar-refractivity contribution < 1.29 is 26.0 Å². The zero-order chi connectivity index (χ0) is 22.8. The number of hydrogen-bond acceptors (Lipinski definition) is 9. The lowest BCUT2D eigenvalue weighted by molar-refractivity contribution is -0.130. The molecule has 2 atom stereocenters. The molecule has 2 aliphatic rings. The van der Waals surface area contributed by atoms with Gasteiger partial charge in [-0.2, -0.15) is 0 Å². The lowest BCUT2D eigenvalue weighted by Gasteiger charge is -2.28. The molecule has 12 heteroatoms. The van der Waals surface area contributed by atoms with Crippen LogP contribution in [0, 0.1) is 5.92 Å². The number of benzene rings is 1. The molecule has 1 amide bonds. The lowest BCUT2D eigenvalue weighted by atomic mass is 10.1. The molecule has 2 aliphatic heterocycles. The number of amides is 1. The van der Waals surface area contributed by atoms with Crippen LogP contribution in [0.2, 0.25) is 0 Å². The number of sulfone groups is 2. The van der Waals surface area contributed by atoms with E-state index in [-0.39, 0.29) is 51.9 Å². The minimum atomic E-state index is -3.13. The van der Waals surface area contributed by atoms with Gasteiger partial charge in [-0.15, -0.1) is 10.2 Å². The first-order valence-electron chi connectivity index (χ1n) is 10.4. The van der Waals surface area contributed by atoms with Crippen molar-refractivity contribution in [3.63, 3.8) is 0 Å². The van der Waals surface area contributed by atoms with Crippen molar-refractivity contribution in [2.75, 3.05) is 28.8 Å². The highest BCUT2D eigenvalue weighted by molar-refractivity contribution is 7.99. The van der Waals surface area contributed by atoms with Gasteiger partial charge in [-0.25, -0.2) is 16.8 Å². The van der Waals surface area contributed by atoms with Crippen LogP contribution < -0.4 is 0 Å². The average Bonchev–Trinajstić information content (AvgIpc) is 3.43. The largest absolute Gasteiger partial charge is 0.416 e. The summed E-state index contributed by atoms with van der Waals surface area (Å²) in [7, 11) is -6.10. The third kappa shape index (κ3) is 6.10. The first kappa shape index (κ1) is 23.2. The van der Waals surface area contributed by atoms with Crippen LogP contribution in [-0.4, -0.2) is 72.6 Å². The Balaban J connectivity index is 1.37. The Morgan fingerprint density at radius 3 is 2.41 bits per heavy atom. The molecule has 1 aromatic carbocycles. The van der Waals surface area contributed by atoms with Gasteiger partial charge in [0.15, 0.2) is 19.7 Å². The Labute approximate surface area is 191 Å². The lowest BCUT2D eigenvalue weighted by Crippen LogP contribution is -2.41. The van der Waals surface area contributed by atoms with Crippen LogP contribution >= 0.6 is 11.8 Å². The van der Waals surface area contributed by atoms with Gasteiger partial charge in [0, 0.05) is 19.0 Å². The Kier molecular flexibility index (Phi) is 6.91. The predicted octanol–water partition coefficient (Wildman–Crippen LogP) is 1.35. The molecule has 32 heavy (non-hydrogen) atoms. The summed E-state index contributed by atoms with van der Waals surface area (Å²) in [6.07, 6.45) is 1.42. The van der Waals surface area contributed by atoms with Crippen molar-refractivity contribution in [2.24, 2.45) is 5.92 Å². The van der Waals surface area contributed by atoms with Gasteiger partial charge in [0.05, 0.1) is 28.8 Å². The summed E-state index contributed by atoms with van der Waals surface area (Å²) in [5, 5.41) is 8.18. The smallest absolute Gasteiger partial charge is 0.277 e. The number of nitrogens with zero attached hydrogens (tertiary/aromatic N) is 3. The minimum Gasteiger partial charge on any atom is -0.416 e. The molecule has 0 unspecified atom stereocenters. The second-order valence-electron chi connectivity index (χ2n) is 8.29. The third-order valence-electron chi connectivity index (χ3n) is 5.72. The van der Waals surface area contributed by atoms with Gasteiger partial charge in [0.25, 0.3) is 5.22 Å². The molecule has 0 aliphatic carbocycles. The zero-order valence-electron chi connectivity index (χ0n) is 17.4. The SMILES string of the molecule is O=C(CSc1nnc(C[C@H]2CCS(=O)(=O)C2)o1)N(Cc1ccccc1)[C@@H]1CCS(=O)(=O)C1. The molecule has 0 bridgehead atoms. The molecule has 0 saturated carbocycles. The molecule has 4 rings (SSSR count). The zero-order valence-corrected chi connectivity index (χ0v) is 19.9. The summed E-state index contributed by atoms with van der Waals surface area (Å²) in [4.78, 5) is 14.7. The second kappa shape index (κ2) is 9.52. The molecule has 0 spiro atoms. The predicted molar refractivity (Wildman–Crippen MR) is 120 cm³/mol. The minimum absolute atomic E-state index is 0.0226. The van der Waals surface area contributed by atoms with Crippen LogP contribution in [0.25, 0.3) is 0 Å². The van der Waals surface area contributed by atoms with Crippen molar-refractivity contribution in [3.8, 4) is 0 Å². The van der Waals surface area contributed by atoms with E-state index in [2.05, 4.69) is 10.2 Å². The standard InChI is InChI=1S/C20H25N3O6S3/c24-19(12-30-20-22-21-18(29-20)10-16-6-8-31(25,26)13-16)23(11-15-4-2-1-3-5-15)17-7-9-32(27,28)14-17/h1-5,16-17H,6-14H2/t16-,17-/m1/s1. The fourth-order valence-electron chi connectivity index (χ4n) is 4.09. The van der Waals surface area contributed by atoms with E-state index >= 15 is 0 Å². The van der Waals surface area contributed by atoms with Crippen molar-refractivity contribution in [1.29, 1.82) is 0 Å². The van der Waals surface area contributed by atoms with Crippen molar-refractivity contribution in [3.05, 3.63) is 41.8 Å². The van der Waals surface area contributed by atoms with Crippen LogP contribution in [0.15, 0.2) is 40.0 Å². The van der Waals surface area contributed by atoms with Crippen LogP contribution in [-0.2, 0) is 37.4 Å². The summed E-state index contributed by atoms with van der Waals surface area (Å²) in [5.74, 6) is 0.588. The molecule has 0 N–H and O–H groups in total. The molecule has 2 fully saturated rings. The summed E-state index contributed by atoms with van der Waals surface area (Å²) in [6, 6.07) is 9.12. The maximum Gasteiger partial charge on any atom is 0.277 e. The van der Waals surface area contributed by atoms with E-state index < -0.39 is 19.7 Å². The number of carbonyl (C=O) groups excluding carboxylic acids is 1. The van der Waals surface area contributed by atoms with Crippen LogP contribution in [0.1, 0.15) is 24.3 Å². The Morgan fingerprint density at radius 1 is 1.03 bits per heavy atom. The van der Waals surface area contributed by atoms with E-state index in [9.17, 15) is 21.6 Å². The van der Waals surface area contributed by atoms with Crippen LogP contribution in [0.4, 0.5) is 0 Å². The van der Waals surface area contributed by atoms with Gasteiger partial charge >= 0.3 is 0 Å². The van der Waals surface area contributed by atoms with E-state index in [0.717, 1.165) is 17.3 Å². The van der Waals surface area contributed by atoms with Crippen molar-refractivity contribution in [1.82, 2.24) is 15.1 Å². The van der Waals surface area contributed by atoms with Gasteiger partial charge in [-0.3, -0.25) is 4.79 Å². The first-order chi connectivity index (χ1) is 15.2. The highest BCUT2D eigenvalue weighted by Gasteiger charge is 2.35. The molecule has 0 radical (unpaired) electrons. The van der Waals surface area contributed by atoms with Crippen molar-refractivity contribution >= 4 is 37.3 Å². The van der Waals surface area contributed by atoms with E-state index in [1.165, 1.54) is 0 Å². The molecular weight excluding hydrogens is 474 g/mol. The van der Waals surface area contributed by atoms with Gasteiger partial charge in [-0.1, -0.05) is 42.1 Å². The average molecular weight is 500 g/mol. The number of rotatable bonds is 8. The number of thioether (sulfide) groups is 1. The van der Waals surface area contributed by atoms with Gasteiger partial charge in [-0.05, 0) is 24.3 Å². The summed E-state index contributed by atoms with van der Waals surface area (Å²) < 4.78 is 52.8. The van der Waals surface area contributed by atoms with E-state index in [1.807, 2.05) is 30.3 Å². The number of carbonyl (C=O) groups is 1. The highest BCUT2D eigenvalue weighted by atomic mass is 32.2. The summed E-state index contributed by atoms with van der Waals surface area (Å²) in [6.45, 7) is 0.339. The molecule has 174 valence electrons. The fraction of sp³-hybridized carbons (Fsp3) is 0.550. The van der Waals surface area contributed by atoms with Gasteiger partial charge in [0.1, 0.15) is 0 Å². The molecule has 9 nitrogen and oxygen atoms in total. The third-order valence-corrected chi connectivity index (χ3v) is 10.1. The second-order valence-corrected chi connectivity index (χ2v) is 13.7.